The van der Waals surface area contributed by atoms with Gasteiger partial charge in [-0.15, -0.1) is 11.3 Å². The molecule has 0 saturated carbocycles. The molecule has 1 nitrogen and oxygen atoms in total. The van der Waals surface area contributed by atoms with E-state index in [1.54, 1.807) is 11.3 Å². The second-order valence-electron chi connectivity index (χ2n) is 4.34. The zero-order valence-electron chi connectivity index (χ0n) is 10.1. The highest BCUT2D eigenvalue weighted by Gasteiger charge is 2.15. The fourth-order valence-electron chi connectivity index (χ4n) is 1.92. The molecule has 0 amide bonds. The number of unbranched alkanes of at least 4 members (excludes halogenated alkanes) is 1. The van der Waals surface area contributed by atoms with Crippen LogP contribution >= 0.6 is 22.9 Å². The summed E-state index contributed by atoms with van der Waals surface area (Å²) in [5.74, 6) is 0.635. The normalized spacial score (nSPS) is 15.0. The van der Waals surface area contributed by atoms with Crippen molar-refractivity contribution < 1.29 is 5.11 Å². The minimum Gasteiger partial charge on any atom is -0.388 e. The molecule has 0 bridgehead atoms. The van der Waals surface area contributed by atoms with Crippen LogP contribution in [0.15, 0.2) is 11.4 Å². The van der Waals surface area contributed by atoms with E-state index < -0.39 is 0 Å². The van der Waals surface area contributed by atoms with Crippen LogP contribution in [0.4, 0.5) is 0 Å². The summed E-state index contributed by atoms with van der Waals surface area (Å²) in [6.45, 7) is 4.41. The molecule has 1 heterocycles. The summed E-state index contributed by atoms with van der Waals surface area (Å²) in [4.78, 5) is 1.000. The maximum absolute atomic E-state index is 10.1. The van der Waals surface area contributed by atoms with Crippen LogP contribution in [0.1, 0.15) is 56.9 Å². The van der Waals surface area contributed by atoms with Gasteiger partial charge in [0.25, 0.3) is 0 Å². The van der Waals surface area contributed by atoms with Crippen molar-refractivity contribution in [3.63, 3.8) is 0 Å². The van der Waals surface area contributed by atoms with Crippen LogP contribution in [0.2, 0.25) is 5.02 Å². The van der Waals surface area contributed by atoms with Gasteiger partial charge in [0.2, 0.25) is 0 Å². The third kappa shape index (κ3) is 4.44. The molecule has 2 unspecified atom stereocenters. The summed E-state index contributed by atoms with van der Waals surface area (Å²) in [6, 6.07) is 1.88. The Hall–Kier alpha value is -0.0500. The van der Waals surface area contributed by atoms with Crippen molar-refractivity contribution in [2.45, 2.75) is 52.1 Å². The van der Waals surface area contributed by atoms with Crippen LogP contribution < -0.4 is 0 Å². The molecule has 1 N–H and O–H groups in total. The lowest BCUT2D eigenvalue weighted by Crippen LogP contribution is -2.05. The Labute approximate surface area is 107 Å². The molecule has 1 aromatic rings. The minimum absolute atomic E-state index is 0.334. The third-order valence-electron chi connectivity index (χ3n) is 3.02. The molecule has 0 aromatic carbocycles. The first-order valence-corrected chi connectivity index (χ1v) is 7.35. The highest BCUT2D eigenvalue weighted by molar-refractivity contribution is 7.10. The Morgan fingerprint density at radius 1 is 1.44 bits per heavy atom. The van der Waals surface area contributed by atoms with Gasteiger partial charge in [-0.3, -0.25) is 0 Å². The predicted molar refractivity (Wildman–Crippen MR) is 72.2 cm³/mol. The highest BCUT2D eigenvalue weighted by Crippen LogP contribution is 2.31. The summed E-state index contributed by atoms with van der Waals surface area (Å²) < 4.78 is 0. The topological polar surface area (TPSA) is 20.2 Å². The first-order chi connectivity index (χ1) is 7.67. The first-order valence-electron chi connectivity index (χ1n) is 6.09. The SMILES string of the molecule is CCCCC(CC)CC(O)c1cc(Cl)cs1. The minimum atomic E-state index is -0.334. The summed E-state index contributed by atoms with van der Waals surface area (Å²) in [5.41, 5.74) is 0. The summed E-state index contributed by atoms with van der Waals surface area (Å²) in [6.07, 6.45) is 5.40. The van der Waals surface area contributed by atoms with Crippen molar-refractivity contribution >= 4 is 22.9 Å². The van der Waals surface area contributed by atoms with Crippen molar-refractivity contribution in [1.82, 2.24) is 0 Å². The largest absolute Gasteiger partial charge is 0.388 e. The average Bonchev–Trinajstić information content (AvgIpc) is 2.70. The van der Waals surface area contributed by atoms with Crippen molar-refractivity contribution in [3.8, 4) is 0 Å². The van der Waals surface area contributed by atoms with Gasteiger partial charge in [-0.1, -0.05) is 51.1 Å². The van der Waals surface area contributed by atoms with Crippen LogP contribution in [-0.4, -0.2) is 5.11 Å². The Bertz CT molecular complexity index is 298. The lowest BCUT2D eigenvalue weighted by Gasteiger charge is -2.17. The number of aliphatic hydroxyl groups excluding tert-OH is 1. The number of halogens is 1. The number of aliphatic hydroxyl groups is 1. The predicted octanol–water partition coefficient (Wildman–Crippen LogP) is 5.04. The molecule has 2 atom stereocenters. The van der Waals surface area contributed by atoms with Gasteiger partial charge in [-0.05, 0) is 18.4 Å². The van der Waals surface area contributed by atoms with Gasteiger partial charge in [-0.25, -0.2) is 0 Å². The molecule has 3 heteroatoms. The number of hydrogen-bond donors (Lipinski definition) is 1. The Morgan fingerprint density at radius 2 is 2.19 bits per heavy atom. The van der Waals surface area contributed by atoms with Crippen LogP contribution in [0.5, 0.6) is 0 Å². The first kappa shape index (κ1) is 14.0. The van der Waals surface area contributed by atoms with Gasteiger partial charge in [0.1, 0.15) is 0 Å². The van der Waals surface area contributed by atoms with Crippen molar-refractivity contribution in [3.05, 3.63) is 21.3 Å². The fraction of sp³-hybridized carbons (Fsp3) is 0.692. The van der Waals surface area contributed by atoms with E-state index >= 15 is 0 Å². The van der Waals surface area contributed by atoms with Gasteiger partial charge in [0.15, 0.2) is 0 Å². The molecule has 0 saturated heterocycles. The van der Waals surface area contributed by atoms with Crippen LogP contribution in [-0.2, 0) is 0 Å². The fourth-order valence-corrected chi connectivity index (χ4v) is 3.00. The van der Waals surface area contributed by atoms with Crippen LogP contribution in [0, 0.1) is 5.92 Å². The highest BCUT2D eigenvalue weighted by atomic mass is 35.5. The molecular formula is C13H21ClOS. The molecule has 92 valence electrons. The monoisotopic (exact) mass is 260 g/mol. The summed E-state index contributed by atoms with van der Waals surface area (Å²) >= 11 is 7.41. The van der Waals surface area contributed by atoms with E-state index in [0.29, 0.717) is 5.92 Å². The van der Waals surface area contributed by atoms with E-state index in [4.69, 9.17) is 11.6 Å². The van der Waals surface area contributed by atoms with Crippen molar-refractivity contribution in [2.75, 3.05) is 0 Å². The maximum atomic E-state index is 10.1. The molecule has 16 heavy (non-hydrogen) atoms. The second kappa shape index (κ2) is 7.31. The van der Waals surface area contributed by atoms with Gasteiger partial charge < -0.3 is 5.11 Å². The Balaban J connectivity index is 2.45. The Kier molecular flexibility index (Phi) is 6.40. The number of rotatable bonds is 7. The lowest BCUT2D eigenvalue weighted by molar-refractivity contribution is 0.142. The van der Waals surface area contributed by atoms with Gasteiger partial charge >= 0.3 is 0 Å². The maximum Gasteiger partial charge on any atom is 0.0885 e. The van der Waals surface area contributed by atoms with E-state index in [2.05, 4.69) is 13.8 Å². The number of hydrogen-bond acceptors (Lipinski definition) is 2. The van der Waals surface area contributed by atoms with E-state index in [1.165, 1.54) is 19.3 Å². The standard InChI is InChI=1S/C13H21ClOS/c1-3-5-6-10(4-2)7-12(15)13-8-11(14)9-16-13/h8-10,12,15H,3-7H2,1-2H3. The van der Waals surface area contributed by atoms with Crippen molar-refractivity contribution in [1.29, 1.82) is 0 Å². The number of thiophene rings is 1. The van der Waals surface area contributed by atoms with E-state index in [0.717, 1.165) is 22.7 Å². The smallest absolute Gasteiger partial charge is 0.0885 e. The van der Waals surface area contributed by atoms with Crippen LogP contribution in [0.3, 0.4) is 0 Å². The van der Waals surface area contributed by atoms with Crippen molar-refractivity contribution in [2.24, 2.45) is 5.92 Å². The van der Waals surface area contributed by atoms with E-state index in [9.17, 15) is 5.11 Å². The Morgan fingerprint density at radius 3 is 2.69 bits per heavy atom. The zero-order chi connectivity index (χ0) is 12.0. The second-order valence-corrected chi connectivity index (χ2v) is 5.71. The van der Waals surface area contributed by atoms with Gasteiger partial charge in [-0.2, -0.15) is 0 Å². The van der Waals surface area contributed by atoms with E-state index in [-0.39, 0.29) is 6.10 Å². The zero-order valence-corrected chi connectivity index (χ0v) is 11.7. The molecule has 1 aromatic heterocycles. The molecular weight excluding hydrogens is 240 g/mol. The molecule has 0 aliphatic rings. The third-order valence-corrected chi connectivity index (χ3v) is 4.40. The molecule has 0 fully saturated rings. The molecule has 0 aliphatic heterocycles. The summed E-state index contributed by atoms with van der Waals surface area (Å²) in [5, 5.41) is 12.7. The molecule has 0 radical (unpaired) electrons. The summed E-state index contributed by atoms with van der Waals surface area (Å²) in [7, 11) is 0. The molecule has 0 spiro atoms. The van der Waals surface area contributed by atoms with Gasteiger partial charge in [0.05, 0.1) is 11.1 Å². The quantitative estimate of drug-likeness (QED) is 0.728. The lowest BCUT2D eigenvalue weighted by atomic mass is 9.93. The van der Waals surface area contributed by atoms with Gasteiger partial charge in [0, 0.05) is 10.3 Å². The molecule has 1 rings (SSSR count). The average molecular weight is 261 g/mol. The van der Waals surface area contributed by atoms with Crippen LogP contribution in [0.25, 0.3) is 0 Å². The molecule has 0 aliphatic carbocycles. The van der Waals surface area contributed by atoms with E-state index in [1.807, 2.05) is 11.4 Å².